The molecule has 0 saturated carbocycles. The Bertz CT molecular complexity index is 411. The fourth-order valence-corrected chi connectivity index (χ4v) is 2.57. The number of hydrogen-bond acceptors (Lipinski definition) is 2. The molecule has 1 aliphatic heterocycles. The summed E-state index contributed by atoms with van der Waals surface area (Å²) < 4.78 is 31.8. The zero-order chi connectivity index (χ0) is 13.1. The van der Waals surface area contributed by atoms with Crippen LogP contribution in [0, 0.1) is 17.6 Å². The molecule has 4 heteroatoms. The minimum absolute atomic E-state index is 0.0232. The lowest BCUT2D eigenvalue weighted by atomic mass is 9.91. The van der Waals surface area contributed by atoms with Gasteiger partial charge in [-0.15, -0.1) is 0 Å². The molecule has 0 radical (unpaired) electrons. The molecule has 0 aliphatic carbocycles. The topological polar surface area (TPSA) is 21.3 Å². The molecule has 2 nitrogen and oxygen atoms in total. The first-order chi connectivity index (χ1) is 8.61. The molecule has 0 amide bonds. The smallest absolute Gasteiger partial charge is 0.159 e. The summed E-state index contributed by atoms with van der Waals surface area (Å²) in [5, 5.41) is 3.34. The molecule has 1 aliphatic rings. The molecule has 0 aromatic heterocycles. The second-order valence-corrected chi connectivity index (χ2v) is 4.85. The number of hydrogen-bond donors (Lipinski definition) is 1. The van der Waals surface area contributed by atoms with Crippen molar-refractivity contribution in [3.63, 3.8) is 0 Å². The van der Waals surface area contributed by atoms with Gasteiger partial charge in [0.25, 0.3) is 0 Å². The number of nitrogens with one attached hydrogen (secondary N) is 1. The van der Waals surface area contributed by atoms with E-state index in [9.17, 15) is 8.78 Å². The van der Waals surface area contributed by atoms with Crippen LogP contribution in [-0.2, 0) is 4.74 Å². The monoisotopic (exact) mass is 255 g/mol. The van der Waals surface area contributed by atoms with Crippen LogP contribution in [0.2, 0.25) is 0 Å². The van der Waals surface area contributed by atoms with Crippen LogP contribution in [0.15, 0.2) is 18.2 Å². The van der Waals surface area contributed by atoms with Gasteiger partial charge in [-0.25, -0.2) is 8.78 Å². The Morgan fingerprint density at radius 2 is 2.17 bits per heavy atom. The van der Waals surface area contributed by atoms with Crippen molar-refractivity contribution < 1.29 is 13.5 Å². The van der Waals surface area contributed by atoms with Crippen LogP contribution in [0.1, 0.15) is 31.9 Å². The fourth-order valence-electron chi connectivity index (χ4n) is 2.57. The van der Waals surface area contributed by atoms with Gasteiger partial charge in [-0.1, -0.05) is 13.0 Å². The maximum Gasteiger partial charge on any atom is 0.159 e. The molecule has 1 N–H and O–H groups in total. The van der Waals surface area contributed by atoms with Crippen molar-refractivity contribution >= 4 is 0 Å². The summed E-state index contributed by atoms with van der Waals surface area (Å²) in [6, 6.07) is 4.14. The van der Waals surface area contributed by atoms with E-state index in [1.165, 1.54) is 12.1 Å². The Morgan fingerprint density at radius 3 is 2.72 bits per heavy atom. The summed E-state index contributed by atoms with van der Waals surface area (Å²) in [6.45, 7) is 5.49. The predicted octanol–water partition coefficient (Wildman–Crippen LogP) is 3.04. The van der Waals surface area contributed by atoms with E-state index in [2.05, 4.69) is 5.32 Å². The third-order valence-corrected chi connectivity index (χ3v) is 3.43. The second-order valence-electron chi connectivity index (χ2n) is 4.85. The van der Waals surface area contributed by atoms with Crippen LogP contribution in [0.5, 0.6) is 0 Å². The first-order valence-electron chi connectivity index (χ1n) is 6.41. The number of rotatable bonds is 4. The van der Waals surface area contributed by atoms with Crippen LogP contribution >= 0.6 is 0 Å². The molecule has 18 heavy (non-hydrogen) atoms. The highest BCUT2D eigenvalue weighted by molar-refractivity contribution is 5.22. The van der Waals surface area contributed by atoms with Crippen LogP contribution < -0.4 is 5.32 Å². The Balaban J connectivity index is 2.20. The first kappa shape index (κ1) is 13.4. The van der Waals surface area contributed by atoms with Gasteiger partial charge in [0, 0.05) is 12.0 Å². The van der Waals surface area contributed by atoms with Crippen molar-refractivity contribution in [1.82, 2.24) is 5.32 Å². The van der Waals surface area contributed by atoms with Crippen molar-refractivity contribution in [3.05, 3.63) is 35.4 Å². The third kappa shape index (κ3) is 2.87. The number of halogens is 2. The number of ether oxygens (including phenoxy) is 1. The Labute approximate surface area is 106 Å². The highest BCUT2D eigenvalue weighted by atomic mass is 19.2. The maximum atomic E-state index is 13.3. The lowest BCUT2D eigenvalue weighted by Gasteiger charge is -2.24. The summed E-state index contributed by atoms with van der Waals surface area (Å²) in [6.07, 6.45) is 1.18. The third-order valence-electron chi connectivity index (χ3n) is 3.43. The highest BCUT2D eigenvalue weighted by Crippen LogP contribution is 2.32. The van der Waals surface area contributed by atoms with Gasteiger partial charge in [-0.05, 0) is 37.6 Å². The van der Waals surface area contributed by atoms with Crippen molar-refractivity contribution in [2.45, 2.75) is 32.4 Å². The fraction of sp³-hybridized carbons (Fsp3) is 0.571. The van der Waals surface area contributed by atoms with E-state index < -0.39 is 11.6 Å². The molecular weight excluding hydrogens is 236 g/mol. The summed E-state index contributed by atoms with van der Waals surface area (Å²) in [5.74, 6) is -1.28. The quantitative estimate of drug-likeness (QED) is 0.893. The van der Waals surface area contributed by atoms with Gasteiger partial charge in [0.05, 0.1) is 12.7 Å². The first-order valence-corrected chi connectivity index (χ1v) is 6.41. The van der Waals surface area contributed by atoms with E-state index in [1.807, 2.05) is 13.8 Å². The van der Waals surface area contributed by atoms with Gasteiger partial charge in [0.1, 0.15) is 0 Å². The van der Waals surface area contributed by atoms with Crippen LogP contribution in [0.4, 0.5) is 8.78 Å². The SMILES string of the molecule is CCNC(c1ccc(F)c(F)c1)C1COC(C)C1. The molecule has 0 bridgehead atoms. The summed E-state index contributed by atoms with van der Waals surface area (Å²) in [7, 11) is 0. The van der Waals surface area contributed by atoms with Gasteiger partial charge in [0.15, 0.2) is 11.6 Å². The van der Waals surface area contributed by atoms with E-state index >= 15 is 0 Å². The Hall–Kier alpha value is -1.00. The molecule has 3 unspecified atom stereocenters. The van der Waals surface area contributed by atoms with Gasteiger partial charge in [0.2, 0.25) is 0 Å². The average molecular weight is 255 g/mol. The molecule has 1 fully saturated rings. The average Bonchev–Trinajstić information content (AvgIpc) is 2.76. The van der Waals surface area contributed by atoms with E-state index in [0.717, 1.165) is 18.5 Å². The molecule has 1 aromatic carbocycles. The minimum Gasteiger partial charge on any atom is -0.378 e. The van der Waals surface area contributed by atoms with Crippen molar-refractivity contribution in [1.29, 1.82) is 0 Å². The molecule has 2 rings (SSSR count). The Morgan fingerprint density at radius 1 is 1.39 bits per heavy atom. The zero-order valence-electron chi connectivity index (χ0n) is 10.7. The van der Waals surface area contributed by atoms with Crippen molar-refractivity contribution in [2.75, 3.05) is 13.2 Å². The van der Waals surface area contributed by atoms with Crippen LogP contribution in [0.3, 0.4) is 0 Å². The number of benzene rings is 1. The van der Waals surface area contributed by atoms with E-state index in [-0.39, 0.29) is 12.1 Å². The van der Waals surface area contributed by atoms with Gasteiger partial charge in [-0.3, -0.25) is 0 Å². The molecule has 0 spiro atoms. The molecule has 1 aromatic rings. The predicted molar refractivity (Wildman–Crippen MR) is 66.3 cm³/mol. The largest absolute Gasteiger partial charge is 0.378 e. The molecule has 3 atom stereocenters. The Kier molecular flexibility index (Phi) is 4.30. The standard InChI is InChI=1S/C14H19F2NO/c1-3-17-14(11-6-9(2)18-8-11)10-4-5-12(15)13(16)7-10/h4-5,7,9,11,14,17H,3,6,8H2,1-2H3. The summed E-state index contributed by atoms with van der Waals surface area (Å²) in [4.78, 5) is 0. The molecule has 1 heterocycles. The van der Waals surface area contributed by atoms with Gasteiger partial charge >= 0.3 is 0 Å². The normalized spacial score (nSPS) is 25.3. The van der Waals surface area contributed by atoms with Crippen molar-refractivity contribution in [3.8, 4) is 0 Å². The molecule has 1 saturated heterocycles. The minimum atomic E-state index is -0.801. The summed E-state index contributed by atoms with van der Waals surface area (Å²) in [5.41, 5.74) is 0.790. The lowest BCUT2D eigenvalue weighted by Crippen LogP contribution is -2.28. The molecular formula is C14H19F2NO. The maximum absolute atomic E-state index is 13.3. The second kappa shape index (κ2) is 5.76. The lowest BCUT2D eigenvalue weighted by molar-refractivity contribution is 0.117. The van der Waals surface area contributed by atoms with Gasteiger partial charge < -0.3 is 10.1 Å². The zero-order valence-corrected chi connectivity index (χ0v) is 10.7. The van der Waals surface area contributed by atoms with E-state index in [1.54, 1.807) is 6.07 Å². The highest BCUT2D eigenvalue weighted by Gasteiger charge is 2.30. The van der Waals surface area contributed by atoms with E-state index in [4.69, 9.17) is 4.74 Å². The van der Waals surface area contributed by atoms with Crippen LogP contribution in [0.25, 0.3) is 0 Å². The summed E-state index contributed by atoms with van der Waals surface area (Å²) >= 11 is 0. The van der Waals surface area contributed by atoms with Gasteiger partial charge in [-0.2, -0.15) is 0 Å². The van der Waals surface area contributed by atoms with E-state index in [0.29, 0.717) is 12.5 Å². The van der Waals surface area contributed by atoms with Crippen LogP contribution in [-0.4, -0.2) is 19.3 Å². The van der Waals surface area contributed by atoms with Crippen molar-refractivity contribution in [2.24, 2.45) is 5.92 Å². The molecule has 100 valence electrons.